The summed E-state index contributed by atoms with van der Waals surface area (Å²) in [6, 6.07) is 3.22. The lowest BCUT2D eigenvalue weighted by atomic mass is 10.2. The van der Waals surface area contributed by atoms with Crippen molar-refractivity contribution in [3.05, 3.63) is 24.0 Å². The third kappa shape index (κ3) is 4.20. The number of nitrogens with zero attached hydrogens (tertiary/aromatic N) is 1. The van der Waals surface area contributed by atoms with Crippen molar-refractivity contribution >= 4 is 23.4 Å². The second-order valence-electron chi connectivity index (χ2n) is 3.57. The number of hydrogen-bond donors (Lipinski definition) is 2. The highest BCUT2D eigenvalue weighted by Crippen LogP contribution is 2.07. The van der Waals surface area contributed by atoms with Crippen LogP contribution in [-0.2, 0) is 4.79 Å². The van der Waals surface area contributed by atoms with Gasteiger partial charge in [-0.25, -0.2) is 0 Å². The third-order valence-electron chi connectivity index (χ3n) is 2.15. The lowest BCUT2D eigenvalue weighted by molar-refractivity contribution is -0.117. The summed E-state index contributed by atoms with van der Waals surface area (Å²) in [4.78, 5) is 15.7. The van der Waals surface area contributed by atoms with E-state index in [9.17, 15) is 4.79 Å². The molecule has 0 fully saturated rings. The summed E-state index contributed by atoms with van der Waals surface area (Å²) in [6.07, 6.45) is 4.31. The molecule has 0 saturated carbocycles. The van der Waals surface area contributed by atoms with E-state index in [1.807, 2.05) is 25.3 Å². The molecule has 0 aliphatic carbocycles. The zero-order chi connectivity index (χ0) is 12.0. The number of aryl methyl sites for hydroxylation is 1. The number of thioether (sulfide) groups is 1. The summed E-state index contributed by atoms with van der Waals surface area (Å²) in [5.74, 6) is 0.737. The van der Waals surface area contributed by atoms with Crippen molar-refractivity contribution in [2.45, 2.75) is 19.4 Å². The van der Waals surface area contributed by atoms with Gasteiger partial charge in [0.15, 0.2) is 0 Å². The largest absolute Gasteiger partial charge is 0.323 e. The molecule has 0 aliphatic rings. The molecule has 1 aromatic heterocycles. The molecular weight excluding hydrogens is 222 g/mol. The lowest BCUT2D eigenvalue weighted by Crippen LogP contribution is -2.36. The van der Waals surface area contributed by atoms with Crippen molar-refractivity contribution in [2.75, 3.05) is 17.3 Å². The van der Waals surface area contributed by atoms with Gasteiger partial charge in [0.1, 0.15) is 0 Å². The van der Waals surface area contributed by atoms with Crippen LogP contribution in [0, 0.1) is 6.92 Å². The molecule has 0 spiro atoms. The predicted molar refractivity (Wildman–Crippen MR) is 68.6 cm³/mol. The molecule has 0 unspecified atom stereocenters. The average molecular weight is 239 g/mol. The van der Waals surface area contributed by atoms with Crippen molar-refractivity contribution in [1.82, 2.24) is 4.98 Å². The van der Waals surface area contributed by atoms with Crippen LogP contribution in [0.5, 0.6) is 0 Å². The summed E-state index contributed by atoms with van der Waals surface area (Å²) >= 11 is 1.68. The summed E-state index contributed by atoms with van der Waals surface area (Å²) < 4.78 is 0. The topological polar surface area (TPSA) is 68.0 Å². The Morgan fingerprint density at radius 2 is 2.38 bits per heavy atom. The van der Waals surface area contributed by atoms with Gasteiger partial charge >= 0.3 is 0 Å². The molecule has 0 bridgehead atoms. The minimum atomic E-state index is -0.450. The van der Waals surface area contributed by atoms with E-state index in [0.717, 1.165) is 11.4 Å². The zero-order valence-corrected chi connectivity index (χ0v) is 10.4. The minimum Gasteiger partial charge on any atom is -0.323 e. The van der Waals surface area contributed by atoms with Crippen LogP contribution in [0.25, 0.3) is 0 Å². The molecule has 4 nitrogen and oxygen atoms in total. The van der Waals surface area contributed by atoms with Gasteiger partial charge in [0.25, 0.3) is 0 Å². The number of amides is 1. The van der Waals surface area contributed by atoms with E-state index in [-0.39, 0.29) is 5.91 Å². The molecule has 0 radical (unpaired) electrons. The number of pyridine rings is 1. The van der Waals surface area contributed by atoms with E-state index in [4.69, 9.17) is 5.73 Å². The molecule has 88 valence electrons. The first-order chi connectivity index (χ1) is 7.63. The highest BCUT2D eigenvalue weighted by atomic mass is 32.2. The van der Waals surface area contributed by atoms with Crippen molar-refractivity contribution in [2.24, 2.45) is 5.73 Å². The maximum Gasteiger partial charge on any atom is 0.241 e. The molecule has 0 aliphatic heterocycles. The number of carbonyl (C=O) groups is 1. The Kier molecular flexibility index (Phi) is 5.28. The van der Waals surface area contributed by atoms with Gasteiger partial charge in [-0.3, -0.25) is 9.78 Å². The number of rotatable bonds is 5. The maximum absolute atomic E-state index is 11.6. The highest BCUT2D eigenvalue weighted by molar-refractivity contribution is 7.98. The summed E-state index contributed by atoms with van der Waals surface area (Å²) in [7, 11) is 0. The van der Waals surface area contributed by atoms with Crippen LogP contribution in [0.1, 0.15) is 12.1 Å². The molecule has 0 aromatic carbocycles. The molecule has 1 heterocycles. The fourth-order valence-electron chi connectivity index (χ4n) is 1.15. The molecule has 1 aromatic rings. The van der Waals surface area contributed by atoms with Gasteiger partial charge in [0.05, 0.1) is 17.9 Å². The number of aromatic nitrogens is 1. The lowest BCUT2D eigenvalue weighted by Gasteiger charge is -2.11. The fourth-order valence-corrected chi connectivity index (χ4v) is 1.64. The Bertz CT molecular complexity index is 340. The SMILES string of the molecule is CSCC[C@@H](N)C(=O)Nc1ccc(C)nc1. The quantitative estimate of drug-likeness (QED) is 0.815. The fraction of sp³-hybridized carbons (Fsp3) is 0.455. The second-order valence-corrected chi connectivity index (χ2v) is 4.55. The Morgan fingerprint density at radius 1 is 1.62 bits per heavy atom. The van der Waals surface area contributed by atoms with E-state index >= 15 is 0 Å². The second kappa shape index (κ2) is 6.50. The number of hydrogen-bond acceptors (Lipinski definition) is 4. The monoisotopic (exact) mass is 239 g/mol. The molecule has 16 heavy (non-hydrogen) atoms. The van der Waals surface area contributed by atoms with Gasteiger partial charge in [-0.05, 0) is 37.5 Å². The normalized spacial score (nSPS) is 12.2. The Balaban J connectivity index is 2.47. The summed E-state index contributed by atoms with van der Waals surface area (Å²) in [6.45, 7) is 1.90. The molecule has 5 heteroatoms. The van der Waals surface area contributed by atoms with E-state index < -0.39 is 6.04 Å². The zero-order valence-electron chi connectivity index (χ0n) is 9.56. The Morgan fingerprint density at radius 3 is 2.94 bits per heavy atom. The van der Waals surface area contributed by atoms with Crippen LogP contribution in [-0.4, -0.2) is 28.9 Å². The van der Waals surface area contributed by atoms with E-state index in [0.29, 0.717) is 12.1 Å². The third-order valence-corrected chi connectivity index (χ3v) is 2.79. The first-order valence-corrected chi connectivity index (χ1v) is 6.51. The van der Waals surface area contributed by atoms with Crippen LogP contribution < -0.4 is 11.1 Å². The molecule has 3 N–H and O–H groups in total. The maximum atomic E-state index is 11.6. The van der Waals surface area contributed by atoms with E-state index in [1.165, 1.54) is 0 Å². The van der Waals surface area contributed by atoms with Crippen LogP contribution >= 0.6 is 11.8 Å². The van der Waals surface area contributed by atoms with Crippen molar-refractivity contribution in [3.8, 4) is 0 Å². The average Bonchev–Trinajstić information content (AvgIpc) is 2.29. The van der Waals surface area contributed by atoms with E-state index in [2.05, 4.69) is 10.3 Å². The standard InChI is InChI=1S/C11H17N3OS/c1-8-3-4-9(7-13-8)14-11(15)10(12)5-6-16-2/h3-4,7,10H,5-6,12H2,1-2H3,(H,14,15)/t10-/m1/s1. The van der Waals surface area contributed by atoms with Gasteiger partial charge in [0.2, 0.25) is 5.91 Å². The van der Waals surface area contributed by atoms with Gasteiger partial charge in [0, 0.05) is 5.69 Å². The van der Waals surface area contributed by atoms with Crippen molar-refractivity contribution in [3.63, 3.8) is 0 Å². The smallest absolute Gasteiger partial charge is 0.241 e. The van der Waals surface area contributed by atoms with E-state index in [1.54, 1.807) is 18.0 Å². The minimum absolute atomic E-state index is 0.153. The number of carbonyl (C=O) groups excluding carboxylic acids is 1. The van der Waals surface area contributed by atoms with Crippen LogP contribution in [0.3, 0.4) is 0 Å². The van der Waals surface area contributed by atoms with Crippen LogP contribution in [0.2, 0.25) is 0 Å². The molecular formula is C11H17N3OS. The molecule has 1 rings (SSSR count). The van der Waals surface area contributed by atoms with Gasteiger partial charge in [-0.1, -0.05) is 0 Å². The molecule has 1 atom stereocenters. The summed E-state index contributed by atoms with van der Waals surface area (Å²) in [5, 5.41) is 2.74. The number of anilines is 1. The molecule has 0 saturated heterocycles. The number of nitrogens with one attached hydrogen (secondary N) is 1. The number of nitrogens with two attached hydrogens (primary N) is 1. The van der Waals surface area contributed by atoms with Crippen molar-refractivity contribution in [1.29, 1.82) is 0 Å². The van der Waals surface area contributed by atoms with Gasteiger partial charge < -0.3 is 11.1 Å². The van der Waals surface area contributed by atoms with Crippen LogP contribution in [0.15, 0.2) is 18.3 Å². The van der Waals surface area contributed by atoms with Gasteiger partial charge in [-0.2, -0.15) is 11.8 Å². The first-order valence-electron chi connectivity index (χ1n) is 5.11. The summed E-state index contributed by atoms with van der Waals surface area (Å²) in [5.41, 5.74) is 7.35. The first kappa shape index (κ1) is 13.0. The Labute approximate surface area is 100 Å². The Hall–Kier alpha value is -1.07. The van der Waals surface area contributed by atoms with Gasteiger partial charge in [-0.15, -0.1) is 0 Å². The highest BCUT2D eigenvalue weighted by Gasteiger charge is 2.12. The molecule has 1 amide bonds. The predicted octanol–water partition coefficient (Wildman–Crippen LogP) is 1.41. The van der Waals surface area contributed by atoms with Crippen LogP contribution in [0.4, 0.5) is 5.69 Å². The van der Waals surface area contributed by atoms with Crippen molar-refractivity contribution < 1.29 is 4.79 Å².